The number of anilines is 1. The number of amides is 1. The van der Waals surface area contributed by atoms with Crippen molar-refractivity contribution in [3.05, 3.63) is 45.8 Å². The molecule has 27 heavy (non-hydrogen) atoms. The van der Waals surface area contributed by atoms with Crippen molar-refractivity contribution in [1.29, 1.82) is 0 Å². The lowest BCUT2D eigenvalue weighted by Gasteiger charge is -2.23. The second-order valence-corrected chi connectivity index (χ2v) is 8.90. The number of nitro benzene ring substituents is 1. The number of nitro groups is 1. The van der Waals surface area contributed by atoms with E-state index in [4.69, 9.17) is 4.74 Å². The summed E-state index contributed by atoms with van der Waals surface area (Å²) < 4.78 is 32.0. The first-order valence-corrected chi connectivity index (χ1v) is 10.3. The topological polar surface area (TPSA) is 119 Å². The summed E-state index contributed by atoms with van der Waals surface area (Å²) in [5.74, 6) is -0.300. The molecular weight excluding hydrogens is 394 g/mol. The molecular formula is C16H17N3O6S2. The Labute approximate surface area is 159 Å². The highest BCUT2D eigenvalue weighted by Crippen LogP contribution is 2.32. The van der Waals surface area contributed by atoms with Gasteiger partial charge < -0.3 is 10.1 Å². The van der Waals surface area contributed by atoms with Crippen LogP contribution in [0, 0.1) is 10.1 Å². The van der Waals surface area contributed by atoms with Gasteiger partial charge in [0.2, 0.25) is 5.91 Å². The third-order valence-electron chi connectivity index (χ3n) is 4.22. The Morgan fingerprint density at radius 1 is 1.41 bits per heavy atom. The molecule has 1 fully saturated rings. The highest BCUT2D eigenvalue weighted by Gasteiger charge is 2.40. The number of rotatable bonds is 6. The first-order chi connectivity index (χ1) is 12.8. The molecule has 0 unspecified atom stereocenters. The van der Waals surface area contributed by atoms with E-state index in [1.807, 2.05) is 0 Å². The first kappa shape index (κ1) is 19.3. The number of nitrogens with zero attached hydrogens (tertiary/aromatic N) is 2. The van der Waals surface area contributed by atoms with Gasteiger partial charge in [-0.15, -0.1) is 11.3 Å². The number of hydrogen-bond acceptors (Lipinski definition) is 7. The molecule has 0 saturated carbocycles. The van der Waals surface area contributed by atoms with Gasteiger partial charge >= 0.3 is 0 Å². The molecule has 1 aliphatic heterocycles. The predicted molar refractivity (Wildman–Crippen MR) is 99.5 cm³/mol. The van der Waals surface area contributed by atoms with Crippen LogP contribution in [0.3, 0.4) is 0 Å². The van der Waals surface area contributed by atoms with Gasteiger partial charge in [0, 0.05) is 18.7 Å². The highest BCUT2D eigenvalue weighted by molar-refractivity contribution is 7.91. The molecule has 2 heterocycles. The van der Waals surface area contributed by atoms with Crippen LogP contribution in [0.25, 0.3) is 0 Å². The van der Waals surface area contributed by atoms with Crippen LogP contribution in [0.5, 0.6) is 5.75 Å². The molecule has 0 bridgehead atoms. The molecule has 3 rings (SSSR count). The van der Waals surface area contributed by atoms with Gasteiger partial charge in [-0.2, -0.15) is 4.31 Å². The van der Waals surface area contributed by atoms with E-state index in [1.54, 1.807) is 11.4 Å². The van der Waals surface area contributed by atoms with E-state index in [2.05, 4.69) is 5.32 Å². The second-order valence-electron chi connectivity index (χ2n) is 5.84. The Morgan fingerprint density at radius 3 is 2.81 bits per heavy atom. The van der Waals surface area contributed by atoms with Crippen molar-refractivity contribution in [1.82, 2.24) is 4.31 Å². The Kier molecular flexibility index (Phi) is 5.44. The SMILES string of the molecule is COc1ccc([N+](=O)[O-])cc1NC(=O)[C@@H]1CCCN1S(=O)(=O)c1cccs1. The third-order valence-corrected chi connectivity index (χ3v) is 7.50. The number of methoxy groups -OCH3 is 1. The maximum Gasteiger partial charge on any atom is 0.271 e. The van der Waals surface area contributed by atoms with Gasteiger partial charge in [-0.3, -0.25) is 14.9 Å². The van der Waals surface area contributed by atoms with E-state index in [0.717, 1.165) is 11.3 Å². The van der Waals surface area contributed by atoms with Crippen LogP contribution in [-0.4, -0.2) is 43.2 Å². The Bertz CT molecular complexity index is 959. The summed E-state index contributed by atoms with van der Waals surface area (Å²) in [5.41, 5.74) is -0.0855. The molecule has 1 aliphatic rings. The van der Waals surface area contributed by atoms with Gasteiger partial charge in [-0.05, 0) is 30.4 Å². The Morgan fingerprint density at radius 2 is 2.19 bits per heavy atom. The van der Waals surface area contributed by atoms with E-state index in [1.165, 1.54) is 35.7 Å². The fourth-order valence-electron chi connectivity index (χ4n) is 2.94. The molecule has 0 radical (unpaired) electrons. The number of ether oxygens (including phenoxy) is 1. The number of carbonyl (C=O) groups excluding carboxylic acids is 1. The molecule has 1 N–H and O–H groups in total. The quantitative estimate of drug-likeness (QED) is 0.576. The highest BCUT2D eigenvalue weighted by atomic mass is 32.2. The zero-order chi connectivity index (χ0) is 19.6. The van der Waals surface area contributed by atoms with Crippen LogP contribution in [0.4, 0.5) is 11.4 Å². The number of carbonyl (C=O) groups is 1. The average Bonchev–Trinajstić information content (AvgIpc) is 3.33. The molecule has 1 atom stereocenters. The maximum atomic E-state index is 12.8. The van der Waals surface area contributed by atoms with E-state index in [0.29, 0.717) is 12.8 Å². The molecule has 0 spiro atoms. The number of hydrogen-bond donors (Lipinski definition) is 1. The van der Waals surface area contributed by atoms with Gasteiger partial charge in [0.25, 0.3) is 15.7 Å². The lowest BCUT2D eigenvalue weighted by molar-refractivity contribution is -0.384. The molecule has 0 aliphatic carbocycles. The zero-order valence-corrected chi connectivity index (χ0v) is 16.0. The Balaban J connectivity index is 1.86. The molecule has 144 valence electrons. The van der Waals surface area contributed by atoms with Gasteiger partial charge in [0.05, 0.1) is 17.7 Å². The molecule has 1 saturated heterocycles. The number of thiophene rings is 1. The lowest BCUT2D eigenvalue weighted by atomic mass is 10.2. The smallest absolute Gasteiger partial charge is 0.271 e. The molecule has 2 aromatic rings. The molecule has 1 aromatic carbocycles. The number of sulfonamides is 1. The van der Waals surface area contributed by atoms with Crippen LogP contribution in [-0.2, 0) is 14.8 Å². The summed E-state index contributed by atoms with van der Waals surface area (Å²) in [6, 6.07) is 6.07. The van der Waals surface area contributed by atoms with Gasteiger partial charge in [0.1, 0.15) is 16.0 Å². The minimum Gasteiger partial charge on any atom is -0.495 e. The molecule has 9 nitrogen and oxygen atoms in total. The van der Waals surface area contributed by atoms with Crippen molar-refractivity contribution in [2.75, 3.05) is 19.0 Å². The summed E-state index contributed by atoms with van der Waals surface area (Å²) in [6.07, 6.45) is 0.919. The van der Waals surface area contributed by atoms with Gasteiger partial charge in [-0.1, -0.05) is 6.07 Å². The van der Waals surface area contributed by atoms with Gasteiger partial charge in [-0.25, -0.2) is 8.42 Å². The van der Waals surface area contributed by atoms with Crippen LogP contribution in [0.1, 0.15) is 12.8 Å². The van der Waals surface area contributed by atoms with Crippen molar-refractivity contribution < 1.29 is 22.9 Å². The molecule has 11 heteroatoms. The zero-order valence-electron chi connectivity index (χ0n) is 14.3. The standard InChI is InChI=1S/C16H17N3O6S2/c1-25-14-7-6-11(19(21)22)10-12(14)17-16(20)13-4-2-8-18(13)27(23,24)15-5-3-9-26-15/h3,5-7,9-10,13H,2,4,8H2,1H3,(H,17,20)/t13-/m0/s1. The summed E-state index contributed by atoms with van der Waals surface area (Å²) in [5, 5.41) is 15.2. The summed E-state index contributed by atoms with van der Waals surface area (Å²) in [4.78, 5) is 23.1. The normalized spacial score (nSPS) is 17.6. The minimum absolute atomic E-state index is 0.122. The predicted octanol–water partition coefficient (Wildman–Crippen LogP) is 2.46. The van der Waals surface area contributed by atoms with Crippen LogP contribution >= 0.6 is 11.3 Å². The monoisotopic (exact) mass is 411 g/mol. The number of nitrogens with one attached hydrogen (secondary N) is 1. The van der Waals surface area contributed by atoms with Crippen molar-refractivity contribution >= 4 is 38.6 Å². The van der Waals surface area contributed by atoms with Crippen molar-refractivity contribution in [2.45, 2.75) is 23.1 Å². The van der Waals surface area contributed by atoms with Crippen LogP contribution in [0.15, 0.2) is 39.9 Å². The van der Waals surface area contributed by atoms with Crippen molar-refractivity contribution in [2.24, 2.45) is 0 Å². The fourth-order valence-corrected chi connectivity index (χ4v) is 5.71. The first-order valence-electron chi connectivity index (χ1n) is 8.03. The van der Waals surface area contributed by atoms with Gasteiger partial charge in [0.15, 0.2) is 0 Å². The summed E-state index contributed by atoms with van der Waals surface area (Å²) >= 11 is 1.09. The van der Waals surface area contributed by atoms with E-state index < -0.39 is 26.9 Å². The molecule has 1 amide bonds. The van der Waals surface area contributed by atoms with E-state index >= 15 is 0 Å². The number of benzene rings is 1. The maximum absolute atomic E-state index is 12.8. The van der Waals surface area contributed by atoms with Crippen LogP contribution in [0.2, 0.25) is 0 Å². The van der Waals surface area contributed by atoms with Crippen molar-refractivity contribution in [3.8, 4) is 5.75 Å². The lowest BCUT2D eigenvalue weighted by Crippen LogP contribution is -2.42. The minimum atomic E-state index is -3.77. The second kappa shape index (κ2) is 7.62. The largest absolute Gasteiger partial charge is 0.495 e. The van der Waals surface area contributed by atoms with Crippen molar-refractivity contribution in [3.63, 3.8) is 0 Å². The fraction of sp³-hybridized carbons (Fsp3) is 0.312. The summed E-state index contributed by atoms with van der Waals surface area (Å²) in [6.45, 7) is 0.240. The number of non-ortho nitro benzene ring substituents is 1. The third kappa shape index (κ3) is 3.80. The Hall–Kier alpha value is -2.50. The van der Waals surface area contributed by atoms with Crippen LogP contribution < -0.4 is 10.1 Å². The van der Waals surface area contributed by atoms with E-state index in [9.17, 15) is 23.3 Å². The average molecular weight is 411 g/mol. The molecule has 1 aromatic heterocycles. The summed E-state index contributed by atoms with van der Waals surface area (Å²) in [7, 11) is -2.39. The van der Waals surface area contributed by atoms with E-state index in [-0.39, 0.29) is 27.9 Å².